The molecule has 1 atom stereocenters. The number of phenolic OH excluding ortho intramolecular Hbond substituents is 1. The molecule has 0 spiro atoms. The van der Waals surface area contributed by atoms with Crippen LogP contribution in [-0.4, -0.2) is 35.1 Å². The fraction of sp³-hybridized carbons (Fsp3) is 0.400. The second-order valence-corrected chi connectivity index (χ2v) is 3.01. The van der Waals surface area contributed by atoms with Gasteiger partial charge in [-0.15, -0.1) is 0 Å². The second kappa shape index (κ2) is 4.83. The Labute approximate surface area is 82.4 Å². The summed E-state index contributed by atoms with van der Waals surface area (Å²) >= 11 is 0. The Morgan fingerprint density at radius 2 is 2.14 bits per heavy atom. The highest BCUT2D eigenvalue weighted by atomic mass is 16.5. The first-order chi connectivity index (χ1) is 6.69. The zero-order valence-corrected chi connectivity index (χ0v) is 7.97. The summed E-state index contributed by atoms with van der Waals surface area (Å²) in [5.74, 6) is 0.384. The van der Waals surface area contributed by atoms with E-state index in [2.05, 4.69) is 0 Å². The Bertz CT molecular complexity index is 298. The largest absolute Gasteiger partial charge is 0.504 e. The molecule has 1 aromatic rings. The predicted octanol–water partition coefficient (Wildman–Crippen LogP) is 0.296. The van der Waals surface area contributed by atoms with Gasteiger partial charge in [0, 0.05) is 12.0 Å². The number of aliphatic hydroxyl groups is 2. The van der Waals surface area contributed by atoms with Crippen LogP contribution in [0.3, 0.4) is 0 Å². The number of hydrogen-bond donors (Lipinski definition) is 3. The summed E-state index contributed by atoms with van der Waals surface area (Å²) in [5.41, 5.74) is 0.561. The van der Waals surface area contributed by atoms with E-state index in [1.165, 1.54) is 7.11 Å². The lowest BCUT2D eigenvalue weighted by molar-refractivity contribution is 0.0949. The summed E-state index contributed by atoms with van der Waals surface area (Å²) in [6.45, 7) is -0.323. The number of ether oxygens (including phenoxy) is 1. The maximum absolute atomic E-state index is 9.62. The molecule has 0 aromatic heterocycles. The first-order valence-corrected chi connectivity index (χ1v) is 4.32. The quantitative estimate of drug-likeness (QED) is 0.650. The van der Waals surface area contributed by atoms with Crippen LogP contribution >= 0.6 is 0 Å². The Kier molecular flexibility index (Phi) is 3.73. The van der Waals surface area contributed by atoms with Crippen molar-refractivity contribution in [3.63, 3.8) is 0 Å². The summed E-state index contributed by atoms with van der Waals surface area (Å²) in [4.78, 5) is 0. The summed E-state index contributed by atoms with van der Waals surface area (Å²) in [6, 6.07) is 5.03. The molecule has 1 aromatic carbocycles. The van der Waals surface area contributed by atoms with Gasteiger partial charge in [0.2, 0.25) is 0 Å². The fourth-order valence-corrected chi connectivity index (χ4v) is 1.22. The molecule has 0 aliphatic rings. The first-order valence-electron chi connectivity index (χ1n) is 4.32. The zero-order valence-electron chi connectivity index (χ0n) is 7.97. The van der Waals surface area contributed by atoms with E-state index in [-0.39, 0.29) is 18.8 Å². The summed E-state index contributed by atoms with van der Waals surface area (Å²) in [6.07, 6.45) is -0.646. The third kappa shape index (κ3) is 2.37. The van der Waals surface area contributed by atoms with E-state index < -0.39 is 6.10 Å². The van der Waals surface area contributed by atoms with Gasteiger partial charge in [0.25, 0.3) is 0 Å². The van der Waals surface area contributed by atoms with Gasteiger partial charge in [0.05, 0.1) is 19.8 Å². The van der Waals surface area contributed by atoms with Crippen molar-refractivity contribution in [2.45, 2.75) is 12.5 Å². The summed E-state index contributed by atoms with van der Waals surface area (Å²) in [7, 11) is 1.46. The lowest BCUT2D eigenvalue weighted by Gasteiger charge is -2.11. The van der Waals surface area contributed by atoms with Crippen LogP contribution < -0.4 is 4.74 Å². The van der Waals surface area contributed by atoms with Crippen molar-refractivity contribution in [1.29, 1.82) is 0 Å². The maximum atomic E-state index is 9.62. The standard InChI is InChI=1S/C10H14O4/c1-14-9-4-2-3-7(10(9)13)5-8(12)6-11/h2-4,8,11-13H,5-6H2,1H3. The molecule has 0 saturated carbocycles. The molecule has 78 valence electrons. The van der Waals surface area contributed by atoms with Crippen LogP contribution in [0.4, 0.5) is 0 Å². The molecule has 1 rings (SSSR count). The van der Waals surface area contributed by atoms with E-state index in [4.69, 9.17) is 9.84 Å². The Morgan fingerprint density at radius 1 is 1.43 bits per heavy atom. The highest BCUT2D eigenvalue weighted by molar-refractivity contribution is 5.45. The van der Waals surface area contributed by atoms with Crippen LogP contribution in [0.2, 0.25) is 0 Å². The molecular formula is C10H14O4. The van der Waals surface area contributed by atoms with Crippen LogP contribution in [0.1, 0.15) is 5.56 Å². The molecule has 0 fully saturated rings. The minimum atomic E-state index is -0.854. The van der Waals surface area contributed by atoms with Crippen LogP contribution in [0, 0.1) is 0 Å². The lowest BCUT2D eigenvalue weighted by Crippen LogP contribution is -2.15. The molecule has 0 bridgehead atoms. The zero-order chi connectivity index (χ0) is 10.6. The molecule has 0 aliphatic carbocycles. The molecule has 0 radical (unpaired) electrons. The van der Waals surface area contributed by atoms with Crippen molar-refractivity contribution in [3.05, 3.63) is 23.8 Å². The van der Waals surface area contributed by atoms with E-state index >= 15 is 0 Å². The van der Waals surface area contributed by atoms with Gasteiger partial charge in [-0.1, -0.05) is 12.1 Å². The van der Waals surface area contributed by atoms with Gasteiger partial charge in [0.1, 0.15) is 0 Å². The Morgan fingerprint density at radius 3 is 2.71 bits per heavy atom. The molecule has 3 N–H and O–H groups in total. The van der Waals surface area contributed by atoms with Gasteiger partial charge in [-0.05, 0) is 6.07 Å². The van der Waals surface area contributed by atoms with Crippen molar-refractivity contribution in [1.82, 2.24) is 0 Å². The number of rotatable bonds is 4. The van der Waals surface area contributed by atoms with Gasteiger partial charge in [-0.2, -0.15) is 0 Å². The van der Waals surface area contributed by atoms with E-state index in [9.17, 15) is 10.2 Å². The van der Waals surface area contributed by atoms with Crippen molar-refractivity contribution in [2.75, 3.05) is 13.7 Å². The molecule has 14 heavy (non-hydrogen) atoms. The molecule has 4 heteroatoms. The minimum Gasteiger partial charge on any atom is -0.504 e. The van der Waals surface area contributed by atoms with E-state index in [0.29, 0.717) is 11.3 Å². The molecule has 4 nitrogen and oxygen atoms in total. The number of phenols is 1. The van der Waals surface area contributed by atoms with Gasteiger partial charge in [-0.25, -0.2) is 0 Å². The van der Waals surface area contributed by atoms with Crippen molar-refractivity contribution < 1.29 is 20.1 Å². The molecule has 0 heterocycles. The first kappa shape index (κ1) is 10.8. The summed E-state index contributed by atoms with van der Waals surface area (Å²) in [5, 5.41) is 27.5. The number of hydrogen-bond acceptors (Lipinski definition) is 4. The SMILES string of the molecule is COc1cccc(CC(O)CO)c1O. The molecule has 0 saturated heterocycles. The van der Waals surface area contributed by atoms with Crippen LogP contribution in [-0.2, 0) is 6.42 Å². The molecule has 0 amide bonds. The second-order valence-electron chi connectivity index (χ2n) is 3.01. The highest BCUT2D eigenvalue weighted by Gasteiger charge is 2.10. The van der Waals surface area contributed by atoms with Crippen molar-refractivity contribution in [2.24, 2.45) is 0 Å². The van der Waals surface area contributed by atoms with Crippen molar-refractivity contribution in [3.8, 4) is 11.5 Å². The maximum Gasteiger partial charge on any atom is 0.161 e. The normalized spacial score (nSPS) is 12.5. The number of benzene rings is 1. The highest BCUT2D eigenvalue weighted by Crippen LogP contribution is 2.29. The van der Waals surface area contributed by atoms with Crippen LogP contribution in [0.25, 0.3) is 0 Å². The van der Waals surface area contributed by atoms with Crippen LogP contribution in [0.5, 0.6) is 11.5 Å². The molecular weight excluding hydrogens is 184 g/mol. The number of aromatic hydroxyl groups is 1. The predicted molar refractivity (Wildman–Crippen MR) is 51.5 cm³/mol. The lowest BCUT2D eigenvalue weighted by atomic mass is 10.1. The van der Waals surface area contributed by atoms with Gasteiger partial charge in [-0.3, -0.25) is 0 Å². The third-order valence-electron chi connectivity index (χ3n) is 1.97. The average molecular weight is 198 g/mol. The van der Waals surface area contributed by atoms with Gasteiger partial charge in [0.15, 0.2) is 11.5 Å². The Hall–Kier alpha value is -1.26. The minimum absolute atomic E-state index is 0.0162. The fourth-order valence-electron chi connectivity index (χ4n) is 1.22. The Balaban J connectivity index is 2.86. The number of aliphatic hydroxyl groups excluding tert-OH is 2. The van der Waals surface area contributed by atoms with Crippen LogP contribution in [0.15, 0.2) is 18.2 Å². The van der Waals surface area contributed by atoms with E-state index in [0.717, 1.165) is 0 Å². The number of methoxy groups -OCH3 is 1. The summed E-state index contributed by atoms with van der Waals surface area (Å²) < 4.78 is 4.91. The third-order valence-corrected chi connectivity index (χ3v) is 1.97. The topological polar surface area (TPSA) is 69.9 Å². The van der Waals surface area contributed by atoms with E-state index in [1.807, 2.05) is 0 Å². The molecule has 1 unspecified atom stereocenters. The molecule has 0 aliphatic heterocycles. The van der Waals surface area contributed by atoms with Gasteiger partial charge < -0.3 is 20.1 Å². The average Bonchev–Trinajstić information content (AvgIpc) is 2.21. The van der Waals surface area contributed by atoms with Crippen molar-refractivity contribution >= 4 is 0 Å². The monoisotopic (exact) mass is 198 g/mol. The smallest absolute Gasteiger partial charge is 0.161 e. The number of para-hydroxylation sites is 1. The van der Waals surface area contributed by atoms with Gasteiger partial charge >= 0.3 is 0 Å². The van der Waals surface area contributed by atoms with E-state index in [1.54, 1.807) is 18.2 Å².